The van der Waals surface area contributed by atoms with Crippen LogP contribution in [0.2, 0.25) is 0 Å². The molecule has 2 aliphatic heterocycles. The Labute approximate surface area is 139 Å². The number of methoxy groups -OCH3 is 1. The quantitative estimate of drug-likeness (QED) is 0.882. The van der Waals surface area contributed by atoms with Crippen LogP contribution >= 0.6 is 0 Å². The first kappa shape index (κ1) is 15.0. The molecule has 0 bridgehead atoms. The fourth-order valence-corrected chi connectivity index (χ4v) is 3.33. The Bertz CT molecular complexity index is 798. The van der Waals surface area contributed by atoms with E-state index in [0.717, 1.165) is 5.56 Å². The second-order valence-electron chi connectivity index (χ2n) is 6.18. The van der Waals surface area contributed by atoms with Crippen molar-refractivity contribution in [2.24, 2.45) is 0 Å². The lowest BCUT2D eigenvalue weighted by Gasteiger charge is -2.36. The minimum Gasteiger partial charge on any atom is -0.504 e. The molecule has 2 atom stereocenters. The van der Waals surface area contributed by atoms with Crippen molar-refractivity contribution in [2.75, 3.05) is 13.9 Å². The molecule has 4 rings (SSSR count). The van der Waals surface area contributed by atoms with E-state index in [0.29, 0.717) is 35.0 Å². The molecule has 0 spiro atoms. The van der Waals surface area contributed by atoms with E-state index < -0.39 is 5.79 Å². The molecule has 0 aromatic heterocycles. The average molecular weight is 330 g/mol. The number of aliphatic hydroxyl groups is 1. The number of para-hydroxylation sites is 1. The summed E-state index contributed by atoms with van der Waals surface area (Å²) in [6.45, 7) is 1.76. The van der Waals surface area contributed by atoms with E-state index >= 15 is 0 Å². The van der Waals surface area contributed by atoms with Crippen molar-refractivity contribution < 1.29 is 29.2 Å². The van der Waals surface area contributed by atoms with Gasteiger partial charge in [-0.05, 0) is 12.1 Å². The number of aromatic hydroxyl groups is 1. The van der Waals surface area contributed by atoms with E-state index in [1.165, 1.54) is 7.11 Å². The molecule has 2 aromatic carbocycles. The van der Waals surface area contributed by atoms with Gasteiger partial charge in [-0.25, -0.2) is 0 Å². The first-order valence-corrected chi connectivity index (χ1v) is 7.69. The summed E-state index contributed by atoms with van der Waals surface area (Å²) in [5, 5.41) is 21.0. The van der Waals surface area contributed by atoms with Gasteiger partial charge < -0.3 is 29.2 Å². The van der Waals surface area contributed by atoms with E-state index in [1.807, 2.05) is 18.2 Å². The highest BCUT2D eigenvalue weighted by Gasteiger charge is 2.39. The Hall–Kier alpha value is -2.60. The molecule has 0 fully saturated rings. The summed E-state index contributed by atoms with van der Waals surface area (Å²) in [4.78, 5) is 0. The topological polar surface area (TPSA) is 77.4 Å². The summed E-state index contributed by atoms with van der Waals surface area (Å²) in [7, 11) is 1.50. The van der Waals surface area contributed by atoms with Crippen LogP contribution in [0, 0.1) is 0 Å². The molecular formula is C18H18O6. The van der Waals surface area contributed by atoms with Gasteiger partial charge in [0.05, 0.1) is 7.11 Å². The van der Waals surface area contributed by atoms with Crippen LogP contribution in [-0.2, 0) is 0 Å². The van der Waals surface area contributed by atoms with Crippen LogP contribution in [0.4, 0.5) is 0 Å². The predicted octanol–water partition coefficient (Wildman–Crippen LogP) is 2.75. The van der Waals surface area contributed by atoms with Crippen molar-refractivity contribution in [3.05, 3.63) is 41.5 Å². The maximum Gasteiger partial charge on any atom is 0.231 e. The standard InChI is InChI=1S/C18H18O6/c1-18(20)8-12(10-4-3-5-13(21-2)17(10)19)11-6-15-16(23-9-22-15)7-14(11)24-18/h3-7,12,19-20H,8-9H2,1-2H3. The highest BCUT2D eigenvalue weighted by molar-refractivity contribution is 5.58. The fraction of sp³-hybridized carbons (Fsp3) is 0.333. The molecule has 2 aromatic rings. The maximum atomic E-state index is 10.5. The number of benzene rings is 2. The number of hydrogen-bond donors (Lipinski definition) is 2. The van der Waals surface area contributed by atoms with Crippen LogP contribution in [0.1, 0.15) is 30.4 Å². The monoisotopic (exact) mass is 330 g/mol. The lowest BCUT2D eigenvalue weighted by atomic mass is 9.82. The van der Waals surface area contributed by atoms with Gasteiger partial charge in [0.1, 0.15) is 5.75 Å². The van der Waals surface area contributed by atoms with Gasteiger partial charge in [0.2, 0.25) is 12.6 Å². The number of phenolic OH excluding ortho intramolecular Hbond substituents is 1. The van der Waals surface area contributed by atoms with Gasteiger partial charge in [-0.2, -0.15) is 0 Å². The molecule has 2 aliphatic rings. The van der Waals surface area contributed by atoms with Crippen molar-refractivity contribution in [3.8, 4) is 28.7 Å². The normalized spacial score (nSPS) is 24.2. The molecule has 0 amide bonds. The van der Waals surface area contributed by atoms with Gasteiger partial charge in [0, 0.05) is 36.5 Å². The Morgan fingerprint density at radius 2 is 1.88 bits per heavy atom. The van der Waals surface area contributed by atoms with Gasteiger partial charge in [0.15, 0.2) is 23.0 Å². The fourth-order valence-electron chi connectivity index (χ4n) is 3.33. The lowest BCUT2D eigenvalue weighted by Crippen LogP contribution is -2.38. The highest BCUT2D eigenvalue weighted by Crippen LogP contribution is 2.51. The molecule has 0 saturated heterocycles. The van der Waals surface area contributed by atoms with Gasteiger partial charge in [-0.3, -0.25) is 0 Å². The Balaban J connectivity index is 1.88. The van der Waals surface area contributed by atoms with Crippen molar-refractivity contribution in [2.45, 2.75) is 25.0 Å². The van der Waals surface area contributed by atoms with Gasteiger partial charge in [0.25, 0.3) is 0 Å². The van der Waals surface area contributed by atoms with E-state index in [2.05, 4.69) is 0 Å². The predicted molar refractivity (Wildman–Crippen MR) is 84.9 cm³/mol. The number of ether oxygens (including phenoxy) is 4. The molecule has 126 valence electrons. The molecule has 2 N–H and O–H groups in total. The second-order valence-corrected chi connectivity index (χ2v) is 6.18. The smallest absolute Gasteiger partial charge is 0.231 e. The van der Waals surface area contributed by atoms with Crippen molar-refractivity contribution >= 4 is 0 Å². The molecule has 0 aliphatic carbocycles. The van der Waals surface area contributed by atoms with E-state index in [-0.39, 0.29) is 18.5 Å². The third-order valence-corrected chi connectivity index (χ3v) is 4.42. The minimum atomic E-state index is -1.36. The largest absolute Gasteiger partial charge is 0.504 e. The van der Waals surface area contributed by atoms with Crippen LogP contribution in [0.5, 0.6) is 28.7 Å². The van der Waals surface area contributed by atoms with E-state index in [9.17, 15) is 10.2 Å². The van der Waals surface area contributed by atoms with Crippen LogP contribution in [0.3, 0.4) is 0 Å². The molecule has 24 heavy (non-hydrogen) atoms. The molecular weight excluding hydrogens is 312 g/mol. The van der Waals surface area contributed by atoms with Crippen molar-refractivity contribution in [3.63, 3.8) is 0 Å². The summed E-state index contributed by atoms with van der Waals surface area (Å²) in [6.07, 6.45) is 0.292. The molecule has 6 nitrogen and oxygen atoms in total. The Morgan fingerprint density at radius 1 is 1.12 bits per heavy atom. The minimum absolute atomic E-state index is 0.0614. The first-order valence-electron chi connectivity index (χ1n) is 7.69. The second kappa shape index (κ2) is 5.21. The molecule has 0 radical (unpaired) electrons. The summed E-state index contributed by atoms with van der Waals surface area (Å²) in [5.74, 6) is 0.551. The zero-order valence-corrected chi connectivity index (χ0v) is 13.4. The lowest BCUT2D eigenvalue weighted by molar-refractivity contribution is -0.137. The summed E-state index contributed by atoms with van der Waals surface area (Å²) in [5.41, 5.74) is 1.49. The average Bonchev–Trinajstić information content (AvgIpc) is 2.99. The molecule has 2 unspecified atom stereocenters. The molecule has 0 saturated carbocycles. The molecule has 6 heteroatoms. The van der Waals surface area contributed by atoms with Crippen molar-refractivity contribution in [1.82, 2.24) is 0 Å². The number of hydrogen-bond acceptors (Lipinski definition) is 6. The number of phenols is 1. The number of rotatable bonds is 2. The summed E-state index contributed by atoms with van der Waals surface area (Å²) < 4.78 is 21.7. The Morgan fingerprint density at radius 3 is 2.62 bits per heavy atom. The molecule has 2 heterocycles. The van der Waals surface area contributed by atoms with Crippen molar-refractivity contribution in [1.29, 1.82) is 0 Å². The summed E-state index contributed by atoms with van der Waals surface area (Å²) >= 11 is 0. The van der Waals surface area contributed by atoms with Crippen LogP contribution in [0.15, 0.2) is 30.3 Å². The van der Waals surface area contributed by atoms with Gasteiger partial charge >= 0.3 is 0 Å². The summed E-state index contributed by atoms with van der Waals surface area (Å²) in [6, 6.07) is 8.88. The van der Waals surface area contributed by atoms with E-state index in [1.54, 1.807) is 19.1 Å². The van der Waals surface area contributed by atoms with Crippen LogP contribution in [0.25, 0.3) is 0 Å². The van der Waals surface area contributed by atoms with Gasteiger partial charge in [-0.1, -0.05) is 12.1 Å². The third kappa shape index (κ3) is 2.30. The Kier molecular flexibility index (Phi) is 3.25. The highest BCUT2D eigenvalue weighted by atomic mass is 16.7. The van der Waals surface area contributed by atoms with E-state index in [4.69, 9.17) is 18.9 Å². The van der Waals surface area contributed by atoms with Gasteiger partial charge in [-0.15, -0.1) is 0 Å². The SMILES string of the molecule is COc1cccc(C2CC(C)(O)Oc3cc4c(cc32)OCO4)c1O. The zero-order chi connectivity index (χ0) is 16.9. The maximum absolute atomic E-state index is 10.5. The number of fused-ring (bicyclic) bond motifs is 2. The van der Waals surface area contributed by atoms with Crippen LogP contribution < -0.4 is 18.9 Å². The first-order chi connectivity index (χ1) is 11.5. The third-order valence-electron chi connectivity index (χ3n) is 4.42. The van der Waals surface area contributed by atoms with Crippen LogP contribution in [-0.4, -0.2) is 29.9 Å². The zero-order valence-electron chi connectivity index (χ0n) is 13.4.